The fourth-order valence-electron chi connectivity index (χ4n) is 1.79. The first-order valence-electron chi connectivity index (χ1n) is 5.69. The van der Waals surface area contributed by atoms with E-state index >= 15 is 0 Å². The number of carbonyl (C=O) groups is 1. The van der Waals surface area contributed by atoms with E-state index in [0.717, 1.165) is 12.8 Å². The van der Waals surface area contributed by atoms with E-state index < -0.39 is 11.6 Å². The van der Waals surface area contributed by atoms with E-state index in [9.17, 15) is 9.90 Å². The largest absolute Gasteiger partial charge is 0.479 e. The first kappa shape index (κ1) is 15.3. The van der Waals surface area contributed by atoms with Crippen molar-refractivity contribution in [3.05, 3.63) is 0 Å². The second-order valence-corrected chi connectivity index (χ2v) is 4.24. The average molecular weight is 233 g/mol. The maximum absolute atomic E-state index is 10.8. The van der Waals surface area contributed by atoms with Gasteiger partial charge >= 0.3 is 5.97 Å². The van der Waals surface area contributed by atoms with Crippen LogP contribution in [0.2, 0.25) is 0 Å². The summed E-state index contributed by atoms with van der Waals surface area (Å²) in [7, 11) is 0. The van der Waals surface area contributed by atoms with Crippen LogP contribution in [0.5, 0.6) is 0 Å². The van der Waals surface area contributed by atoms with Crippen LogP contribution >= 0.6 is 0 Å². The fraction of sp³-hybridized carbons (Fsp3) is 0.909. The number of hydrogen-bond acceptors (Lipinski definition) is 4. The monoisotopic (exact) mass is 233 g/mol. The van der Waals surface area contributed by atoms with E-state index in [2.05, 4.69) is 0 Å². The zero-order chi connectivity index (χ0) is 12.8. The summed E-state index contributed by atoms with van der Waals surface area (Å²) < 4.78 is 0. The molecule has 5 nitrogen and oxygen atoms in total. The molecule has 0 aromatic rings. The van der Waals surface area contributed by atoms with Gasteiger partial charge in [0.2, 0.25) is 0 Å². The lowest BCUT2D eigenvalue weighted by atomic mass is 10.0. The van der Waals surface area contributed by atoms with Gasteiger partial charge in [-0.15, -0.1) is 0 Å². The lowest BCUT2D eigenvalue weighted by molar-refractivity contribution is -0.159. The molecule has 0 aliphatic rings. The van der Waals surface area contributed by atoms with Crippen LogP contribution in [0.1, 0.15) is 33.6 Å². The molecule has 1 atom stereocenters. The highest BCUT2D eigenvalue weighted by Crippen LogP contribution is 2.14. The molecular weight excluding hydrogens is 210 g/mol. The van der Waals surface area contributed by atoms with E-state index in [4.69, 9.17) is 10.2 Å². The molecule has 0 saturated carbocycles. The Bertz CT molecular complexity index is 214. The van der Waals surface area contributed by atoms with Gasteiger partial charge < -0.3 is 15.3 Å². The molecule has 0 amide bonds. The van der Waals surface area contributed by atoms with E-state index in [-0.39, 0.29) is 19.2 Å². The molecule has 0 radical (unpaired) electrons. The summed E-state index contributed by atoms with van der Waals surface area (Å²) in [5.74, 6) is -1.23. The summed E-state index contributed by atoms with van der Waals surface area (Å²) in [6, 6.07) is 0.193. The summed E-state index contributed by atoms with van der Waals surface area (Å²) in [5, 5.41) is 27.5. The maximum Gasteiger partial charge on any atom is 0.336 e. The average Bonchev–Trinajstić information content (AvgIpc) is 2.19. The minimum absolute atomic E-state index is 0.0355. The topological polar surface area (TPSA) is 81.0 Å². The Labute approximate surface area is 96.7 Å². The van der Waals surface area contributed by atoms with Crippen molar-refractivity contribution in [1.29, 1.82) is 0 Å². The van der Waals surface area contributed by atoms with Crippen molar-refractivity contribution < 1.29 is 20.1 Å². The predicted octanol–water partition coefficient (Wildman–Crippen LogP) is 0.305. The fourth-order valence-corrected chi connectivity index (χ4v) is 1.79. The van der Waals surface area contributed by atoms with Crippen LogP contribution in [-0.4, -0.2) is 57.5 Å². The number of hydrogen-bond donors (Lipinski definition) is 3. The van der Waals surface area contributed by atoms with Crippen molar-refractivity contribution in [3.8, 4) is 0 Å². The Morgan fingerprint density at radius 2 is 1.88 bits per heavy atom. The van der Waals surface area contributed by atoms with Crippen LogP contribution in [0, 0.1) is 0 Å². The molecule has 0 heterocycles. The maximum atomic E-state index is 10.8. The van der Waals surface area contributed by atoms with Crippen LogP contribution in [0.15, 0.2) is 0 Å². The molecule has 0 aromatic heterocycles. The first-order valence-corrected chi connectivity index (χ1v) is 5.69. The van der Waals surface area contributed by atoms with Crippen molar-refractivity contribution in [2.45, 2.75) is 45.3 Å². The van der Waals surface area contributed by atoms with Gasteiger partial charge in [-0.1, -0.05) is 13.8 Å². The van der Waals surface area contributed by atoms with Crippen molar-refractivity contribution in [2.24, 2.45) is 0 Å². The van der Waals surface area contributed by atoms with Gasteiger partial charge in [-0.05, 0) is 19.8 Å². The van der Waals surface area contributed by atoms with Crippen LogP contribution in [0.25, 0.3) is 0 Å². The Morgan fingerprint density at radius 3 is 2.19 bits per heavy atom. The molecule has 0 spiro atoms. The van der Waals surface area contributed by atoms with Crippen molar-refractivity contribution >= 4 is 5.97 Å². The Hall–Kier alpha value is -0.650. The van der Waals surface area contributed by atoms with E-state index in [1.165, 1.54) is 6.92 Å². The van der Waals surface area contributed by atoms with Crippen molar-refractivity contribution in [1.82, 2.24) is 4.90 Å². The molecule has 0 saturated heterocycles. The number of aliphatic carboxylic acids is 1. The molecule has 0 rings (SSSR count). The summed E-state index contributed by atoms with van der Waals surface area (Å²) in [6.45, 7) is 5.68. The third kappa shape index (κ3) is 4.47. The van der Waals surface area contributed by atoms with Crippen LogP contribution in [0.4, 0.5) is 0 Å². The minimum Gasteiger partial charge on any atom is -0.479 e. The summed E-state index contributed by atoms with van der Waals surface area (Å²) in [6.07, 6.45) is 1.73. The molecule has 1 unspecified atom stereocenters. The highest BCUT2D eigenvalue weighted by atomic mass is 16.4. The number of carboxylic acid groups (broad SMARTS) is 1. The number of aliphatic hydroxyl groups is 2. The zero-order valence-electron chi connectivity index (χ0n) is 10.3. The minimum atomic E-state index is -1.77. The number of carboxylic acids is 1. The van der Waals surface area contributed by atoms with E-state index in [0.29, 0.717) is 6.54 Å². The van der Waals surface area contributed by atoms with Crippen LogP contribution in [-0.2, 0) is 4.79 Å². The normalized spacial score (nSPS) is 15.4. The molecular formula is C11H23NO4. The summed E-state index contributed by atoms with van der Waals surface area (Å²) in [5.41, 5.74) is -1.77. The van der Waals surface area contributed by atoms with Gasteiger partial charge in [0.15, 0.2) is 5.60 Å². The number of nitrogens with zero attached hydrogens (tertiary/aromatic N) is 1. The predicted molar refractivity (Wildman–Crippen MR) is 61.3 cm³/mol. The highest BCUT2D eigenvalue weighted by Gasteiger charge is 2.33. The van der Waals surface area contributed by atoms with E-state index in [1.54, 1.807) is 0 Å². The van der Waals surface area contributed by atoms with Gasteiger partial charge in [0, 0.05) is 19.1 Å². The smallest absolute Gasteiger partial charge is 0.336 e. The van der Waals surface area contributed by atoms with Gasteiger partial charge in [0.25, 0.3) is 0 Å². The van der Waals surface area contributed by atoms with Crippen LogP contribution in [0.3, 0.4) is 0 Å². The highest BCUT2D eigenvalue weighted by molar-refractivity contribution is 5.76. The third-order valence-corrected chi connectivity index (χ3v) is 2.82. The first-order chi connectivity index (χ1) is 7.38. The van der Waals surface area contributed by atoms with Crippen LogP contribution < -0.4 is 0 Å². The zero-order valence-corrected chi connectivity index (χ0v) is 10.3. The molecule has 5 heteroatoms. The molecule has 96 valence electrons. The standard InChI is InChI=1S/C11H23NO4/c1-4-9(5-2)12(6-7-13)8-11(3,16)10(14)15/h9,13,16H,4-8H2,1-3H3,(H,14,15). The molecule has 0 aliphatic heterocycles. The number of aliphatic hydroxyl groups excluding tert-OH is 1. The Morgan fingerprint density at radius 1 is 1.38 bits per heavy atom. The third-order valence-electron chi connectivity index (χ3n) is 2.82. The Balaban J connectivity index is 4.60. The second kappa shape index (κ2) is 6.83. The SMILES string of the molecule is CCC(CC)N(CCO)CC(C)(O)C(=O)O. The van der Waals surface area contributed by atoms with Gasteiger partial charge in [0.05, 0.1) is 6.61 Å². The molecule has 0 aliphatic carbocycles. The molecule has 3 N–H and O–H groups in total. The van der Waals surface area contributed by atoms with Gasteiger partial charge in [-0.3, -0.25) is 4.90 Å². The molecule has 16 heavy (non-hydrogen) atoms. The van der Waals surface area contributed by atoms with Gasteiger partial charge in [-0.2, -0.15) is 0 Å². The Kier molecular flexibility index (Phi) is 6.55. The lowest BCUT2D eigenvalue weighted by Crippen LogP contribution is -2.50. The van der Waals surface area contributed by atoms with Crippen molar-refractivity contribution in [3.63, 3.8) is 0 Å². The van der Waals surface area contributed by atoms with Gasteiger partial charge in [0.1, 0.15) is 0 Å². The summed E-state index contributed by atoms with van der Waals surface area (Å²) in [4.78, 5) is 12.6. The summed E-state index contributed by atoms with van der Waals surface area (Å²) >= 11 is 0. The molecule has 0 bridgehead atoms. The number of rotatable bonds is 8. The van der Waals surface area contributed by atoms with Crippen molar-refractivity contribution in [2.75, 3.05) is 19.7 Å². The lowest BCUT2D eigenvalue weighted by Gasteiger charge is -2.34. The van der Waals surface area contributed by atoms with Gasteiger partial charge in [-0.25, -0.2) is 4.79 Å². The molecule has 0 aromatic carbocycles. The molecule has 0 fully saturated rings. The van der Waals surface area contributed by atoms with E-state index in [1.807, 2.05) is 18.7 Å². The second-order valence-electron chi connectivity index (χ2n) is 4.24. The quantitative estimate of drug-likeness (QED) is 0.562.